The Morgan fingerprint density at radius 2 is 2.09 bits per heavy atom. The Hall–Kier alpha value is -2.56. The Bertz CT molecular complexity index is 671. The molecular weight excluding hydrogens is 284 g/mol. The molecule has 0 radical (unpaired) electrons. The lowest BCUT2D eigenvalue weighted by molar-refractivity contribution is -0.140. The van der Waals surface area contributed by atoms with Crippen molar-refractivity contribution in [3.05, 3.63) is 53.5 Å². The standard InChI is InChI=1S/C17H16O5/c1-2-3-8-21-17(19)13-10-20-9-12-15(18)11-6-4-5-7-14(11)22-16(12)13/h4-7,9-10,16H,2-3,8H2,1H3. The van der Waals surface area contributed by atoms with Crippen LogP contribution in [0.15, 0.2) is 47.9 Å². The van der Waals surface area contributed by atoms with E-state index in [-0.39, 0.29) is 11.4 Å². The molecule has 0 fully saturated rings. The van der Waals surface area contributed by atoms with E-state index in [1.165, 1.54) is 12.5 Å². The highest BCUT2D eigenvalue weighted by molar-refractivity contribution is 6.13. The molecule has 0 amide bonds. The zero-order valence-electron chi connectivity index (χ0n) is 12.2. The Kier molecular flexibility index (Phi) is 3.96. The van der Waals surface area contributed by atoms with Crippen molar-refractivity contribution in [3.63, 3.8) is 0 Å². The van der Waals surface area contributed by atoms with Gasteiger partial charge in [0.2, 0.25) is 0 Å². The summed E-state index contributed by atoms with van der Waals surface area (Å²) in [6, 6.07) is 6.94. The zero-order valence-corrected chi connectivity index (χ0v) is 12.2. The minimum Gasteiger partial charge on any atom is -0.480 e. The molecule has 0 saturated heterocycles. The summed E-state index contributed by atoms with van der Waals surface area (Å²) >= 11 is 0. The highest BCUT2D eigenvalue weighted by atomic mass is 16.5. The maximum atomic E-state index is 12.5. The van der Waals surface area contributed by atoms with Crippen LogP contribution in [0.2, 0.25) is 0 Å². The predicted octanol–water partition coefficient (Wildman–Crippen LogP) is 2.77. The quantitative estimate of drug-likeness (QED) is 0.632. The van der Waals surface area contributed by atoms with Crippen LogP contribution >= 0.6 is 0 Å². The number of hydrogen-bond donors (Lipinski definition) is 0. The number of hydrogen-bond acceptors (Lipinski definition) is 5. The van der Waals surface area contributed by atoms with E-state index in [4.69, 9.17) is 14.2 Å². The fourth-order valence-electron chi connectivity index (χ4n) is 2.36. The number of unbranched alkanes of at least 4 members (excludes halogenated alkanes) is 1. The van der Waals surface area contributed by atoms with Crippen molar-refractivity contribution in [2.24, 2.45) is 0 Å². The number of fused-ring (bicyclic) bond motifs is 2. The number of rotatable bonds is 4. The average molecular weight is 300 g/mol. The molecule has 5 heteroatoms. The van der Waals surface area contributed by atoms with Crippen molar-refractivity contribution in [2.75, 3.05) is 6.61 Å². The number of para-hydroxylation sites is 1. The smallest absolute Gasteiger partial charge is 0.341 e. The van der Waals surface area contributed by atoms with Crippen molar-refractivity contribution in [1.82, 2.24) is 0 Å². The minimum absolute atomic E-state index is 0.196. The summed E-state index contributed by atoms with van der Waals surface area (Å²) in [6.07, 6.45) is 3.55. The molecule has 1 atom stereocenters. The predicted molar refractivity (Wildman–Crippen MR) is 78.3 cm³/mol. The third-order valence-electron chi connectivity index (χ3n) is 3.56. The number of benzene rings is 1. The van der Waals surface area contributed by atoms with Gasteiger partial charge in [0.15, 0.2) is 11.9 Å². The molecule has 0 spiro atoms. The lowest BCUT2D eigenvalue weighted by atomic mass is 9.91. The van der Waals surface area contributed by atoms with Crippen LogP contribution in [0, 0.1) is 0 Å². The van der Waals surface area contributed by atoms with Crippen molar-refractivity contribution in [1.29, 1.82) is 0 Å². The van der Waals surface area contributed by atoms with Crippen LogP contribution < -0.4 is 4.74 Å². The molecule has 0 N–H and O–H groups in total. The molecule has 0 aromatic heterocycles. The summed E-state index contributed by atoms with van der Waals surface area (Å²) in [5.41, 5.74) is 0.981. The molecular formula is C17H16O5. The SMILES string of the molecule is CCCCOC(=O)C1=COC=C2C(=O)c3ccccc3OC12. The van der Waals surface area contributed by atoms with Gasteiger partial charge in [0.25, 0.3) is 0 Å². The molecule has 22 heavy (non-hydrogen) atoms. The van der Waals surface area contributed by atoms with Gasteiger partial charge in [-0.3, -0.25) is 4.79 Å². The van der Waals surface area contributed by atoms with Crippen LogP contribution in [0.3, 0.4) is 0 Å². The van der Waals surface area contributed by atoms with Crippen LogP contribution in [-0.2, 0) is 14.3 Å². The number of ketones is 1. The first kappa shape index (κ1) is 14.4. The third kappa shape index (κ3) is 2.50. The van der Waals surface area contributed by atoms with Crippen molar-refractivity contribution in [2.45, 2.75) is 25.9 Å². The topological polar surface area (TPSA) is 61.8 Å². The van der Waals surface area contributed by atoms with Gasteiger partial charge in [0.1, 0.15) is 23.8 Å². The normalized spacial score (nSPS) is 19.0. The Labute approximate surface area is 128 Å². The van der Waals surface area contributed by atoms with Crippen molar-refractivity contribution >= 4 is 11.8 Å². The van der Waals surface area contributed by atoms with Crippen LogP contribution in [-0.4, -0.2) is 24.5 Å². The van der Waals surface area contributed by atoms with E-state index < -0.39 is 12.1 Å². The first-order valence-electron chi connectivity index (χ1n) is 7.25. The molecule has 0 aliphatic carbocycles. The van der Waals surface area contributed by atoms with Crippen LogP contribution in [0.25, 0.3) is 0 Å². The second-order valence-electron chi connectivity index (χ2n) is 5.10. The van der Waals surface area contributed by atoms with E-state index in [1.54, 1.807) is 24.3 Å². The van der Waals surface area contributed by atoms with Gasteiger partial charge in [-0.25, -0.2) is 4.79 Å². The fraction of sp³-hybridized carbons (Fsp3) is 0.294. The largest absolute Gasteiger partial charge is 0.480 e. The van der Waals surface area contributed by atoms with Gasteiger partial charge >= 0.3 is 5.97 Å². The number of ether oxygens (including phenoxy) is 3. The zero-order chi connectivity index (χ0) is 15.5. The average Bonchev–Trinajstić information content (AvgIpc) is 2.55. The Morgan fingerprint density at radius 1 is 1.27 bits per heavy atom. The second kappa shape index (κ2) is 6.05. The first-order valence-corrected chi connectivity index (χ1v) is 7.25. The molecule has 114 valence electrons. The van der Waals surface area contributed by atoms with Gasteiger partial charge in [-0.2, -0.15) is 0 Å². The molecule has 2 aliphatic rings. The van der Waals surface area contributed by atoms with Gasteiger partial charge < -0.3 is 14.2 Å². The summed E-state index contributed by atoms with van der Waals surface area (Å²) in [6.45, 7) is 2.35. The lowest BCUT2D eigenvalue weighted by Crippen LogP contribution is -2.36. The van der Waals surface area contributed by atoms with E-state index >= 15 is 0 Å². The number of carbonyl (C=O) groups is 2. The highest BCUT2D eigenvalue weighted by Crippen LogP contribution is 2.35. The van der Waals surface area contributed by atoms with Gasteiger partial charge in [-0.1, -0.05) is 25.5 Å². The van der Waals surface area contributed by atoms with Crippen LogP contribution in [0.1, 0.15) is 30.1 Å². The van der Waals surface area contributed by atoms with Gasteiger partial charge in [0, 0.05) is 0 Å². The van der Waals surface area contributed by atoms with Gasteiger partial charge in [-0.05, 0) is 18.6 Å². The molecule has 1 aromatic rings. The molecule has 0 bridgehead atoms. The molecule has 2 heterocycles. The highest BCUT2D eigenvalue weighted by Gasteiger charge is 2.39. The maximum Gasteiger partial charge on any atom is 0.341 e. The molecule has 1 aromatic carbocycles. The van der Waals surface area contributed by atoms with Crippen molar-refractivity contribution < 1.29 is 23.8 Å². The summed E-state index contributed by atoms with van der Waals surface area (Å²) in [5, 5.41) is 0. The molecule has 3 rings (SSSR count). The second-order valence-corrected chi connectivity index (χ2v) is 5.10. The summed E-state index contributed by atoms with van der Waals surface area (Å²) in [4.78, 5) is 24.6. The first-order chi connectivity index (χ1) is 10.7. The summed E-state index contributed by atoms with van der Waals surface area (Å²) < 4.78 is 16.1. The van der Waals surface area contributed by atoms with E-state index in [1.807, 2.05) is 6.92 Å². The molecule has 2 aliphatic heterocycles. The molecule has 5 nitrogen and oxygen atoms in total. The number of carbonyl (C=O) groups excluding carboxylic acids is 2. The Balaban J connectivity index is 1.84. The van der Waals surface area contributed by atoms with E-state index in [0.29, 0.717) is 23.5 Å². The summed E-state index contributed by atoms with van der Waals surface area (Å²) in [5.74, 6) is -0.251. The van der Waals surface area contributed by atoms with E-state index in [2.05, 4.69) is 0 Å². The number of esters is 1. The third-order valence-corrected chi connectivity index (χ3v) is 3.56. The molecule has 1 unspecified atom stereocenters. The van der Waals surface area contributed by atoms with E-state index in [9.17, 15) is 9.59 Å². The van der Waals surface area contributed by atoms with Gasteiger partial charge in [0.05, 0.1) is 17.7 Å². The number of Topliss-reactive ketones (excluding diaryl/α,β-unsaturated/α-hetero) is 1. The Morgan fingerprint density at radius 3 is 2.91 bits per heavy atom. The fourth-order valence-corrected chi connectivity index (χ4v) is 2.36. The summed E-state index contributed by atoms with van der Waals surface area (Å²) in [7, 11) is 0. The monoisotopic (exact) mass is 300 g/mol. The van der Waals surface area contributed by atoms with Crippen LogP contribution in [0.4, 0.5) is 0 Å². The molecule has 0 saturated carbocycles. The lowest BCUT2D eigenvalue weighted by Gasteiger charge is -2.29. The van der Waals surface area contributed by atoms with Crippen LogP contribution in [0.5, 0.6) is 5.75 Å². The van der Waals surface area contributed by atoms with Crippen molar-refractivity contribution in [3.8, 4) is 5.75 Å². The van der Waals surface area contributed by atoms with Gasteiger partial charge in [-0.15, -0.1) is 0 Å². The minimum atomic E-state index is -0.773. The maximum absolute atomic E-state index is 12.5. The van der Waals surface area contributed by atoms with E-state index in [0.717, 1.165) is 12.8 Å².